The molecule has 0 aliphatic carbocycles. The molecule has 5 heteroatoms. The van der Waals surface area contributed by atoms with Crippen LogP contribution in [-0.4, -0.2) is 11.8 Å². The van der Waals surface area contributed by atoms with Gasteiger partial charge in [0.2, 0.25) is 0 Å². The molecule has 4 nitrogen and oxygen atoms in total. The van der Waals surface area contributed by atoms with Crippen molar-refractivity contribution in [1.82, 2.24) is 5.32 Å². The molecule has 0 unspecified atom stereocenters. The van der Waals surface area contributed by atoms with E-state index in [1.165, 1.54) is 0 Å². The van der Waals surface area contributed by atoms with Crippen molar-refractivity contribution in [2.45, 2.75) is 0 Å². The van der Waals surface area contributed by atoms with Crippen LogP contribution in [0.3, 0.4) is 0 Å². The summed E-state index contributed by atoms with van der Waals surface area (Å²) in [5.74, 6) is -0.694. The van der Waals surface area contributed by atoms with E-state index in [0.717, 1.165) is 9.26 Å². The smallest absolute Gasteiger partial charge is 0.261 e. The van der Waals surface area contributed by atoms with E-state index in [2.05, 4.69) is 33.2 Å². The molecule has 0 saturated carbocycles. The number of anilines is 2. The maximum absolute atomic E-state index is 11.8. The number of halogens is 1. The van der Waals surface area contributed by atoms with Crippen LogP contribution < -0.4 is 10.6 Å². The van der Waals surface area contributed by atoms with E-state index >= 15 is 0 Å². The second-order valence-corrected chi connectivity index (χ2v) is 5.39. The standard InChI is InChI=1S/C14H9IN2O2/c15-8-3-1-4-9(7-8)16-11-6-2-5-10-12(11)14(19)17-13(10)18/h1-7,16H,(H,17,18,19). The number of hydrogen-bond donors (Lipinski definition) is 2. The van der Waals surface area contributed by atoms with Crippen molar-refractivity contribution in [2.75, 3.05) is 5.32 Å². The molecule has 19 heavy (non-hydrogen) atoms. The van der Waals surface area contributed by atoms with Gasteiger partial charge in [-0.25, -0.2) is 0 Å². The summed E-state index contributed by atoms with van der Waals surface area (Å²) in [4.78, 5) is 23.4. The van der Waals surface area contributed by atoms with Crippen molar-refractivity contribution in [3.05, 3.63) is 57.2 Å². The number of carbonyl (C=O) groups is 2. The minimum Gasteiger partial charge on any atom is -0.355 e. The molecule has 2 aromatic rings. The Morgan fingerprint density at radius 1 is 1.00 bits per heavy atom. The first-order chi connectivity index (χ1) is 9.15. The lowest BCUT2D eigenvalue weighted by Gasteiger charge is -2.09. The van der Waals surface area contributed by atoms with Gasteiger partial charge in [-0.1, -0.05) is 12.1 Å². The van der Waals surface area contributed by atoms with Crippen molar-refractivity contribution in [2.24, 2.45) is 0 Å². The van der Waals surface area contributed by atoms with Gasteiger partial charge in [0.15, 0.2) is 0 Å². The van der Waals surface area contributed by atoms with E-state index in [4.69, 9.17) is 0 Å². The van der Waals surface area contributed by atoms with E-state index in [1.54, 1.807) is 18.2 Å². The lowest BCUT2D eigenvalue weighted by Crippen LogP contribution is -2.20. The first kappa shape index (κ1) is 12.2. The number of amides is 2. The molecular weight excluding hydrogens is 355 g/mol. The van der Waals surface area contributed by atoms with E-state index in [1.807, 2.05) is 24.3 Å². The molecule has 0 fully saturated rings. The molecule has 2 aromatic carbocycles. The third-order valence-corrected chi connectivity index (χ3v) is 3.54. The fraction of sp³-hybridized carbons (Fsp3) is 0. The van der Waals surface area contributed by atoms with Crippen LogP contribution in [-0.2, 0) is 0 Å². The summed E-state index contributed by atoms with van der Waals surface area (Å²) in [5.41, 5.74) is 2.35. The van der Waals surface area contributed by atoms with Crippen LogP contribution in [0.5, 0.6) is 0 Å². The summed E-state index contributed by atoms with van der Waals surface area (Å²) in [5, 5.41) is 5.48. The van der Waals surface area contributed by atoms with Gasteiger partial charge in [0.05, 0.1) is 16.8 Å². The second kappa shape index (κ2) is 4.65. The van der Waals surface area contributed by atoms with Crippen LogP contribution in [0.2, 0.25) is 0 Å². The molecule has 2 N–H and O–H groups in total. The number of carbonyl (C=O) groups excluding carboxylic acids is 2. The van der Waals surface area contributed by atoms with E-state index in [-0.39, 0.29) is 11.8 Å². The average molecular weight is 364 g/mol. The van der Waals surface area contributed by atoms with Crippen LogP contribution in [0.1, 0.15) is 20.7 Å². The van der Waals surface area contributed by atoms with Crippen LogP contribution in [0, 0.1) is 3.57 Å². The van der Waals surface area contributed by atoms with E-state index < -0.39 is 0 Å². The number of hydrogen-bond acceptors (Lipinski definition) is 3. The van der Waals surface area contributed by atoms with Crippen LogP contribution >= 0.6 is 22.6 Å². The van der Waals surface area contributed by atoms with Gasteiger partial charge in [-0.2, -0.15) is 0 Å². The van der Waals surface area contributed by atoms with Crippen molar-refractivity contribution < 1.29 is 9.59 Å². The van der Waals surface area contributed by atoms with Gasteiger partial charge in [-0.05, 0) is 52.9 Å². The summed E-state index contributed by atoms with van der Waals surface area (Å²) in [7, 11) is 0. The molecule has 94 valence electrons. The number of imide groups is 1. The average Bonchev–Trinajstić information content (AvgIpc) is 2.66. The minimum atomic E-state index is -0.353. The largest absolute Gasteiger partial charge is 0.355 e. The molecule has 2 amide bonds. The first-order valence-corrected chi connectivity index (χ1v) is 6.74. The van der Waals surface area contributed by atoms with Crippen molar-refractivity contribution in [3.8, 4) is 0 Å². The number of benzene rings is 2. The number of nitrogens with one attached hydrogen (secondary N) is 2. The zero-order valence-electron chi connectivity index (χ0n) is 9.74. The molecule has 1 aliphatic rings. The predicted octanol–water partition coefficient (Wildman–Crippen LogP) is 2.92. The predicted molar refractivity (Wildman–Crippen MR) is 80.7 cm³/mol. The van der Waals surface area contributed by atoms with Crippen LogP contribution in [0.4, 0.5) is 11.4 Å². The summed E-state index contributed by atoms with van der Waals surface area (Å²) in [6.07, 6.45) is 0. The molecule has 0 radical (unpaired) electrons. The maximum Gasteiger partial charge on any atom is 0.261 e. The third-order valence-electron chi connectivity index (χ3n) is 2.87. The van der Waals surface area contributed by atoms with Gasteiger partial charge < -0.3 is 5.32 Å². The van der Waals surface area contributed by atoms with Gasteiger partial charge >= 0.3 is 0 Å². The molecule has 0 aromatic heterocycles. The fourth-order valence-electron chi connectivity index (χ4n) is 2.05. The zero-order valence-corrected chi connectivity index (χ0v) is 11.9. The minimum absolute atomic E-state index is 0.341. The van der Waals surface area contributed by atoms with E-state index in [9.17, 15) is 9.59 Å². The second-order valence-electron chi connectivity index (χ2n) is 4.15. The Bertz CT molecular complexity index is 698. The molecule has 0 saturated heterocycles. The highest BCUT2D eigenvalue weighted by molar-refractivity contribution is 14.1. The Labute approximate surface area is 123 Å². The Kier molecular flexibility index (Phi) is 2.98. The Morgan fingerprint density at radius 3 is 2.58 bits per heavy atom. The summed E-state index contributed by atoms with van der Waals surface area (Å²) in [6.45, 7) is 0. The molecular formula is C14H9IN2O2. The van der Waals surface area contributed by atoms with Crippen molar-refractivity contribution in [1.29, 1.82) is 0 Å². The lowest BCUT2D eigenvalue weighted by atomic mass is 10.1. The fourth-order valence-corrected chi connectivity index (χ4v) is 2.59. The Morgan fingerprint density at radius 2 is 1.79 bits per heavy atom. The summed E-state index contributed by atoms with van der Waals surface area (Å²) >= 11 is 2.22. The first-order valence-electron chi connectivity index (χ1n) is 5.66. The molecule has 0 bridgehead atoms. The van der Waals surface area contributed by atoms with Gasteiger partial charge in [-0.3, -0.25) is 14.9 Å². The molecule has 0 atom stereocenters. The van der Waals surface area contributed by atoms with Gasteiger partial charge in [0, 0.05) is 9.26 Å². The molecule has 3 rings (SSSR count). The Hall–Kier alpha value is -1.89. The quantitative estimate of drug-likeness (QED) is 0.637. The number of rotatable bonds is 2. The van der Waals surface area contributed by atoms with Crippen molar-refractivity contribution in [3.63, 3.8) is 0 Å². The highest BCUT2D eigenvalue weighted by atomic mass is 127. The van der Waals surface area contributed by atoms with Gasteiger partial charge in [0.25, 0.3) is 11.8 Å². The highest BCUT2D eigenvalue weighted by Crippen LogP contribution is 2.27. The highest BCUT2D eigenvalue weighted by Gasteiger charge is 2.29. The summed E-state index contributed by atoms with van der Waals surface area (Å²) in [6, 6.07) is 13.0. The summed E-state index contributed by atoms with van der Waals surface area (Å²) < 4.78 is 1.09. The zero-order chi connectivity index (χ0) is 13.4. The van der Waals surface area contributed by atoms with Crippen molar-refractivity contribution >= 4 is 45.8 Å². The molecule has 1 heterocycles. The number of fused-ring (bicyclic) bond motifs is 1. The topological polar surface area (TPSA) is 58.2 Å². The SMILES string of the molecule is O=C1NC(=O)c2c(Nc3cccc(I)c3)cccc21. The van der Waals surface area contributed by atoms with Gasteiger partial charge in [-0.15, -0.1) is 0 Å². The third kappa shape index (κ3) is 2.21. The normalized spacial score (nSPS) is 13.1. The van der Waals surface area contributed by atoms with Crippen LogP contribution in [0.15, 0.2) is 42.5 Å². The molecule has 0 spiro atoms. The van der Waals surface area contributed by atoms with Crippen LogP contribution in [0.25, 0.3) is 0 Å². The Balaban J connectivity index is 2.04. The maximum atomic E-state index is 11.8. The van der Waals surface area contributed by atoms with E-state index in [0.29, 0.717) is 16.8 Å². The monoisotopic (exact) mass is 364 g/mol. The molecule has 1 aliphatic heterocycles. The van der Waals surface area contributed by atoms with Gasteiger partial charge in [0.1, 0.15) is 0 Å². The lowest BCUT2D eigenvalue weighted by molar-refractivity contribution is 0.0880.